The molecule has 188 valence electrons. The normalized spacial score (nSPS) is 15.2. The van der Waals surface area contributed by atoms with Crippen LogP contribution in [-0.4, -0.2) is 69.0 Å². The predicted molar refractivity (Wildman–Crippen MR) is 139 cm³/mol. The molecule has 1 aliphatic rings. The molecule has 1 aromatic heterocycles. The lowest BCUT2D eigenvalue weighted by molar-refractivity contribution is -0.134. The van der Waals surface area contributed by atoms with Crippen LogP contribution in [0.5, 0.6) is 0 Å². The molecule has 1 saturated heterocycles. The fourth-order valence-electron chi connectivity index (χ4n) is 4.50. The fraction of sp³-hybridized carbons (Fsp3) is 0.440. The van der Waals surface area contributed by atoms with Crippen LogP contribution in [0.4, 0.5) is 11.6 Å². The van der Waals surface area contributed by atoms with Gasteiger partial charge in [-0.1, -0.05) is 18.2 Å². The largest absolute Gasteiger partial charge is 0.377 e. The van der Waals surface area contributed by atoms with E-state index in [9.17, 15) is 13.2 Å². The van der Waals surface area contributed by atoms with E-state index in [0.29, 0.717) is 38.4 Å². The second kappa shape index (κ2) is 11.1. The first-order chi connectivity index (χ1) is 16.8. The van der Waals surface area contributed by atoms with Crippen LogP contribution in [0.1, 0.15) is 32.1 Å². The van der Waals surface area contributed by atoms with Gasteiger partial charge in [0.25, 0.3) is 0 Å². The van der Waals surface area contributed by atoms with Gasteiger partial charge in [0.1, 0.15) is 6.04 Å². The van der Waals surface area contributed by atoms with Crippen molar-refractivity contribution in [2.24, 2.45) is 0 Å². The summed E-state index contributed by atoms with van der Waals surface area (Å²) in [6.07, 6.45) is 7.37. The zero-order valence-corrected chi connectivity index (χ0v) is 21.1. The molecule has 1 fully saturated rings. The maximum Gasteiger partial charge on any atom is 0.241 e. The first-order valence-electron chi connectivity index (χ1n) is 12.1. The summed E-state index contributed by atoms with van der Waals surface area (Å²) in [5.74, 6) is 0.500. The zero-order chi connectivity index (χ0) is 24.8. The molecule has 0 saturated carbocycles. The molecule has 35 heavy (non-hydrogen) atoms. The van der Waals surface area contributed by atoms with Crippen molar-refractivity contribution in [3.05, 3.63) is 48.8 Å². The summed E-state index contributed by atoms with van der Waals surface area (Å²) in [7, 11) is 0.0156. The second-order valence-corrected chi connectivity index (χ2v) is 10.8. The van der Waals surface area contributed by atoms with Crippen LogP contribution in [0.3, 0.4) is 0 Å². The van der Waals surface area contributed by atoms with Crippen molar-refractivity contribution in [1.29, 1.82) is 0 Å². The average Bonchev–Trinajstić information content (AvgIpc) is 3.38. The van der Waals surface area contributed by atoms with Gasteiger partial charge in [-0.25, -0.2) is 13.4 Å². The van der Waals surface area contributed by atoms with Crippen molar-refractivity contribution in [2.45, 2.75) is 43.0 Å². The summed E-state index contributed by atoms with van der Waals surface area (Å²) in [5.41, 5.74) is 1.02. The molecule has 0 spiro atoms. The number of likely N-dealkylation sites (tertiary alicyclic amines) is 1. The highest BCUT2D eigenvalue weighted by atomic mass is 32.2. The molecule has 1 amide bonds. The van der Waals surface area contributed by atoms with Gasteiger partial charge in [0.2, 0.25) is 15.9 Å². The van der Waals surface area contributed by atoms with E-state index in [1.165, 1.54) is 0 Å². The Morgan fingerprint density at radius 1 is 1.17 bits per heavy atom. The van der Waals surface area contributed by atoms with Crippen molar-refractivity contribution in [3.8, 4) is 0 Å². The molecule has 0 bridgehead atoms. The lowest BCUT2D eigenvalue weighted by Gasteiger charge is -2.30. The standard InChI is InChI=1S/C25H34N6O3S/c1-30(2)23-10-6-8-19-18-20(11-12-21(19)23)35(33,34)29-22(24(32)31-16-4-3-5-17-31)9-7-13-26-25-27-14-15-28-25/h6,8,10-12,14-15,18,22,29H,3-5,7,9,13,16-17H2,1-2H3,(H2,26,27,28)/t22-/m0/s1. The third-order valence-electron chi connectivity index (χ3n) is 6.34. The van der Waals surface area contributed by atoms with E-state index in [4.69, 9.17) is 0 Å². The fourth-order valence-corrected chi connectivity index (χ4v) is 5.76. The van der Waals surface area contributed by atoms with Crippen LogP contribution in [-0.2, 0) is 14.8 Å². The number of amides is 1. The minimum atomic E-state index is -3.90. The summed E-state index contributed by atoms with van der Waals surface area (Å²) >= 11 is 0. The number of sulfonamides is 1. The number of H-pyrrole nitrogens is 1. The molecule has 10 heteroatoms. The van der Waals surface area contributed by atoms with Crippen LogP contribution in [0.25, 0.3) is 10.8 Å². The minimum absolute atomic E-state index is 0.151. The van der Waals surface area contributed by atoms with Gasteiger partial charge in [0, 0.05) is 57.2 Å². The number of nitrogens with zero attached hydrogens (tertiary/aromatic N) is 3. The number of benzene rings is 2. The number of hydrogen-bond acceptors (Lipinski definition) is 6. The Bertz CT molecular complexity index is 1240. The highest BCUT2D eigenvalue weighted by molar-refractivity contribution is 7.89. The maximum absolute atomic E-state index is 13.4. The van der Waals surface area contributed by atoms with E-state index >= 15 is 0 Å². The monoisotopic (exact) mass is 498 g/mol. The number of carbonyl (C=O) groups excluding carboxylic acids is 1. The van der Waals surface area contributed by atoms with E-state index in [2.05, 4.69) is 20.0 Å². The number of imidazole rings is 1. The topological polar surface area (TPSA) is 110 Å². The number of carbonyl (C=O) groups is 1. The summed E-state index contributed by atoms with van der Waals surface area (Å²) in [5, 5.41) is 4.96. The van der Waals surface area contributed by atoms with Crippen molar-refractivity contribution < 1.29 is 13.2 Å². The van der Waals surface area contributed by atoms with Crippen molar-refractivity contribution in [3.63, 3.8) is 0 Å². The van der Waals surface area contributed by atoms with E-state index in [1.54, 1.807) is 29.4 Å². The summed E-state index contributed by atoms with van der Waals surface area (Å²) in [6, 6.07) is 10.1. The van der Waals surface area contributed by atoms with E-state index in [0.717, 1.165) is 35.7 Å². The first-order valence-corrected chi connectivity index (χ1v) is 13.6. The number of piperidine rings is 1. The van der Waals surface area contributed by atoms with Gasteiger partial charge in [-0.15, -0.1) is 0 Å². The molecule has 0 aliphatic carbocycles. The Morgan fingerprint density at radius 2 is 1.97 bits per heavy atom. The summed E-state index contributed by atoms with van der Waals surface area (Å²) < 4.78 is 29.5. The molecule has 9 nitrogen and oxygen atoms in total. The van der Waals surface area contributed by atoms with Crippen molar-refractivity contribution in [2.75, 3.05) is 43.9 Å². The molecule has 3 aromatic rings. The maximum atomic E-state index is 13.4. The van der Waals surface area contributed by atoms with Gasteiger partial charge in [-0.05, 0) is 55.7 Å². The van der Waals surface area contributed by atoms with E-state index < -0.39 is 16.1 Å². The molecule has 0 radical (unpaired) electrons. The Balaban J connectivity index is 1.52. The highest BCUT2D eigenvalue weighted by Crippen LogP contribution is 2.28. The number of fused-ring (bicyclic) bond motifs is 1. The van der Waals surface area contributed by atoms with Crippen LogP contribution in [0, 0.1) is 0 Å². The van der Waals surface area contributed by atoms with Gasteiger partial charge in [0.15, 0.2) is 5.95 Å². The molecule has 2 aromatic carbocycles. The molecule has 0 unspecified atom stereocenters. The van der Waals surface area contributed by atoms with Gasteiger partial charge in [-0.2, -0.15) is 4.72 Å². The Hall–Kier alpha value is -3.11. The molecule has 3 N–H and O–H groups in total. The smallest absolute Gasteiger partial charge is 0.241 e. The number of nitrogens with one attached hydrogen (secondary N) is 3. The Labute approximate surface area is 207 Å². The van der Waals surface area contributed by atoms with Gasteiger partial charge in [0.05, 0.1) is 4.90 Å². The van der Waals surface area contributed by atoms with Crippen molar-refractivity contribution in [1.82, 2.24) is 19.6 Å². The zero-order valence-electron chi connectivity index (χ0n) is 20.3. The van der Waals surface area contributed by atoms with Crippen LogP contribution in [0.15, 0.2) is 53.7 Å². The van der Waals surface area contributed by atoms with Crippen molar-refractivity contribution >= 4 is 38.3 Å². The summed E-state index contributed by atoms with van der Waals surface area (Å²) in [6.45, 7) is 1.91. The lowest BCUT2D eigenvalue weighted by Crippen LogP contribution is -2.50. The summed E-state index contributed by atoms with van der Waals surface area (Å²) in [4.78, 5) is 24.4. The lowest BCUT2D eigenvalue weighted by atomic mass is 10.1. The first kappa shape index (κ1) is 25.0. The SMILES string of the molecule is CN(C)c1cccc2cc(S(=O)(=O)N[C@@H](CCCNc3ncc[nH]3)C(=O)N3CCCCC3)ccc12. The van der Waals surface area contributed by atoms with Crippen LogP contribution in [0.2, 0.25) is 0 Å². The Morgan fingerprint density at radius 3 is 2.69 bits per heavy atom. The molecule has 1 atom stereocenters. The third kappa shape index (κ3) is 6.12. The molecule has 1 aliphatic heterocycles. The molecule has 4 rings (SSSR count). The van der Waals surface area contributed by atoms with Crippen LogP contribution >= 0.6 is 0 Å². The number of anilines is 2. The number of aromatic amines is 1. The van der Waals surface area contributed by atoms with Gasteiger partial charge in [-0.3, -0.25) is 4.79 Å². The number of hydrogen-bond donors (Lipinski definition) is 3. The quantitative estimate of drug-likeness (QED) is 0.370. The van der Waals surface area contributed by atoms with E-state index in [1.807, 2.05) is 43.3 Å². The van der Waals surface area contributed by atoms with E-state index in [-0.39, 0.29) is 10.8 Å². The van der Waals surface area contributed by atoms with Gasteiger partial charge >= 0.3 is 0 Å². The third-order valence-corrected chi connectivity index (χ3v) is 7.81. The molecular formula is C25H34N6O3S. The molecular weight excluding hydrogens is 464 g/mol. The predicted octanol–water partition coefficient (Wildman–Crippen LogP) is 3.18. The highest BCUT2D eigenvalue weighted by Gasteiger charge is 2.30. The van der Waals surface area contributed by atoms with Crippen LogP contribution < -0.4 is 14.9 Å². The van der Waals surface area contributed by atoms with Gasteiger partial charge < -0.3 is 20.1 Å². The number of rotatable bonds is 10. The number of aromatic nitrogens is 2. The Kier molecular flexibility index (Phi) is 7.92. The average molecular weight is 499 g/mol. The second-order valence-electron chi connectivity index (χ2n) is 9.12. The molecule has 2 heterocycles. The minimum Gasteiger partial charge on any atom is -0.377 e.